The first-order chi connectivity index (χ1) is 7.90. The maximum Gasteiger partial charge on any atom is 0.119 e. The summed E-state index contributed by atoms with van der Waals surface area (Å²) in [5.74, 6) is 4.26. The van der Waals surface area contributed by atoms with Crippen LogP contribution in [0, 0.1) is 0 Å². The van der Waals surface area contributed by atoms with E-state index in [9.17, 15) is 0 Å². The van der Waals surface area contributed by atoms with Crippen LogP contribution in [0.4, 0.5) is 0 Å². The van der Waals surface area contributed by atoms with Gasteiger partial charge in [-0.1, -0.05) is 12.1 Å². The quantitative estimate of drug-likeness (QED) is 0.874. The molecule has 1 aliphatic rings. The van der Waals surface area contributed by atoms with Crippen LogP contribution < -0.4 is 10.5 Å². The summed E-state index contributed by atoms with van der Waals surface area (Å²) in [6, 6.07) is 8.49. The van der Waals surface area contributed by atoms with Crippen LogP contribution >= 0.6 is 11.8 Å². The Kier molecular flexibility index (Phi) is 4.55. The molecule has 2 rings (SSSR count). The average Bonchev–Trinajstić information content (AvgIpc) is 2.38. The molecule has 1 fully saturated rings. The topological polar surface area (TPSA) is 35.2 Å². The Morgan fingerprint density at radius 3 is 2.88 bits per heavy atom. The van der Waals surface area contributed by atoms with Crippen LogP contribution in [0.15, 0.2) is 24.3 Å². The lowest BCUT2D eigenvalue weighted by atomic mass is 9.93. The number of thioether (sulfide) groups is 1. The Morgan fingerprint density at radius 1 is 1.31 bits per heavy atom. The minimum atomic E-state index is 0.574. The van der Waals surface area contributed by atoms with Gasteiger partial charge < -0.3 is 10.5 Å². The summed E-state index contributed by atoms with van der Waals surface area (Å²) in [7, 11) is 0. The highest BCUT2D eigenvalue weighted by Gasteiger charge is 2.15. The van der Waals surface area contributed by atoms with Crippen molar-refractivity contribution in [2.24, 2.45) is 5.73 Å². The maximum absolute atomic E-state index is 5.56. The largest absolute Gasteiger partial charge is 0.492 e. The zero-order valence-electron chi connectivity index (χ0n) is 9.52. The molecule has 1 aromatic carbocycles. The highest BCUT2D eigenvalue weighted by atomic mass is 32.2. The first-order valence-electron chi connectivity index (χ1n) is 5.90. The summed E-state index contributed by atoms with van der Waals surface area (Å²) < 4.78 is 5.56. The Morgan fingerprint density at radius 2 is 2.12 bits per heavy atom. The van der Waals surface area contributed by atoms with Crippen LogP contribution in [0.3, 0.4) is 0 Å². The number of nitrogens with two attached hydrogens (primary N) is 1. The summed E-state index contributed by atoms with van der Waals surface area (Å²) in [5.41, 5.74) is 6.86. The second-order valence-corrected chi connectivity index (χ2v) is 5.32. The van der Waals surface area contributed by atoms with Crippen molar-refractivity contribution in [1.29, 1.82) is 0 Å². The van der Waals surface area contributed by atoms with E-state index in [1.165, 1.54) is 29.9 Å². The Balaban J connectivity index is 2.02. The zero-order chi connectivity index (χ0) is 11.2. The molecule has 0 bridgehead atoms. The fourth-order valence-corrected chi connectivity index (χ4v) is 3.17. The van der Waals surface area contributed by atoms with E-state index in [1.54, 1.807) is 0 Å². The summed E-state index contributed by atoms with van der Waals surface area (Å²) in [6.45, 7) is 1.17. The molecular formula is C13H19NOS. The highest BCUT2D eigenvalue weighted by Crippen LogP contribution is 2.32. The second-order valence-electron chi connectivity index (χ2n) is 4.10. The van der Waals surface area contributed by atoms with Gasteiger partial charge in [-0.2, -0.15) is 11.8 Å². The van der Waals surface area contributed by atoms with Crippen molar-refractivity contribution in [1.82, 2.24) is 0 Å². The van der Waals surface area contributed by atoms with E-state index >= 15 is 0 Å². The molecule has 0 radical (unpaired) electrons. The Labute approximate surface area is 102 Å². The van der Waals surface area contributed by atoms with Crippen LogP contribution in [0.1, 0.15) is 24.3 Å². The number of rotatable bonds is 4. The zero-order valence-corrected chi connectivity index (χ0v) is 10.3. The van der Waals surface area contributed by atoms with Gasteiger partial charge in [-0.05, 0) is 48.0 Å². The number of hydrogen-bond acceptors (Lipinski definition) is 3. The van der Waals surface area contributed by atoms with Gasteiger partial charge in [0.25, 0.3) is 0 Å². The van der Waals surface area contributed by atoms with Gasteiger partial charge in [0.1, 0.15) is 12.4 Å². The first-order valence-corrected chi connectivity index (χ1v) is 7.06. The molecule has 0 unspecified atom stereocenters. The van der Waals surface area contributed by atoms with E-state index in [0.29, 0.717) is 13.2 Å². The standard InChI is InChI=1S/C13H19NOS/c14-6-7-15-13-3-1-2-12(10-13)11-4-8-16-9-5-11/h1-3,10-11H,4-9,14H2. The van der Waals surface area contributed by atoms with Crippen molar-refractivity contribution in [3.8, 4) is 5.75 Å². The van der Waals surface area contributed by atoms with Gasteiger partial charge in [0.05, 0.1) is 0 Å². The van der Waals surface area contributed by atoms with E-state index in [1.807, 2.05) is 6.07 Å². The van der Waals surface area contributed by atoms with Crippen LogP contribution in [0.2, 0.25) is 0 Å². The molecule has 2 N–H and O–H groups in total. The van der Waals surface area contributed by atoms with E-state index in [-0.39, 0.29) is 0 Å². The van der Waals surface area contributed by atoms with Gasteiger partial charge in [0.2, 0.25) is 0 Å². The molecule has 1 aromatic rings. The molecule has 3 heteroatoms. The molecule has 16 heavy (non-hydrogen) atoms. The molecule has 1 heterocycles. The molecular weight excluding hydrogens is 218 g/mol. The Bertz CT molecular complexity index is 323. The lowest BCUT2D eigenvalue weighted by Gasteiger charge is -2.22. The molecule has 0 amide bonds. The lowest BCUT2D eigenvalue weighted by Crippen LogP contribution is -2.11. The van der Waals surface area contributed by atoms with Crippen molar-refractivity contribution in [3.05, 3.63) is 29.8 Å². The van der Waals surface area contributed by atoms with Gasteiger partial charge in [-0.25, -0.2) is 0 Å². The van der Waals surface area contributed by atoms with E-state index in [4.69, 9.17) is 10.5 Å². The van der Waals surface area contributed by atoms with Crippen molar-refractivity contribution in [2.75, 3.05) is 24.7 Å². The minimum absolute atomic E-state index is 0.574. The second kappa shape index (κ2) is 6.16. The molecule has 88 valence electrons. The lowest BCUT2D eigenvalue weighted by molar-refractivity contribution is 0.327. The summed E-state index contributed by atoms with van der Waals surface area (Å²) in [6.07, 6.45) is 2.59. The molecule has 1 saturated heterocycles. The van der Waals surface area contributed by atoms with E-state index < -0.39 is 0 Å². The smallest absolute Gasteiger partial charge is 0.119 e. The number of hydrogen-bond donors (Lipinski definition) is 1. The molecule has 0 spiro atoms. The van der Waals surface area contributed by atoms with E-state index in [0.717, 1.165) is 11.7 Å². The summed E-state index contributed by atoms with van der Waals surface area (Å²) in [4.78, 5) is 0. The van der Waals surface area contributed by atoms with Crippen LogP contribution in [0.5, 0.6) is 5.75 Å². The van der Waals surface area contributed by atoms with Crippen molar-refractivity contribution in [2.45, 2.75) is 18.8 Å². The minimum Gasteiger partial charge on any atom is -0.492 e. The first kappa shape index (κ1) is 11.8. The average molecular weight is 237 g/mol. The van der Waals surface area contributed by atoms with Crippen LogP contribution in [-0.2, 0) is 0 Å². The molecule has 0 atom stereocenters. The summed E-state index contributed by atoms with van der Waals surface area (Å²) >= 11 is 2.06. The van der Waals surface area contributed by atoms with E-state index in [2.05, 4.69) is 30.0 Å². The molecule has 1 aliphatic heterocycles. The normalized spacial score (nSPS) is 17.3. The third-order valence-electron chi connectivity index (χ3n) is 2.94. The Hall–Kier alpha value is -0.670. The van der Waals surface area contributed by atoms with Gasteiger partial charge in [-0.15, -0.1) is 0 Å². The molecule has 0 saturated carbocycles. The van der Waals surface area contributed by atoms with Gasteiger partial charge in [-0.3, -0.25) is 0 Å². The van der Waals surface area contributed by atoms with Crippen LogP contribution in [0.25, 0.3) is 0 Å². The fourth-order valence-electron chi connectivity index (χ4n) is 2.07. The highest BCUT2D eigenvalue weighted by molar-refractivity contribution is 7.99. The van der Waals surface area contributed by atoms with Gasteiger partial charge in [0, 0.05) is 6.54 Å². The SMILES string of the molecule is NCCOc1cccc(C2CCSCC2)c1. The van der Waals surface area contributed by atoms with Gasteiger partial charge >= 0.3 is 0 Å². The van der Waals surface area contributed by atoms with Crippen molar-refractivity contribution < 1.29 is 4.74 Å². The number of ether oxygens (including phenoxy) is 1. The molecule has 0 aromatic heterocycles. The monoisotopic (exact) mass is 237 g/mol. The third kappa shape index (κ3) is 3.16. The van der Waals surface area contributed by atoms with Crippen LogP contribution in [-0.4, -0.2) is 24.7 Å². The summed E-state index contributed by atoms with van der Waals surface area (Å²) in [5, 5.41) is 0. The van der Waals surface area contributed by atoms with Gasteiger partial charge in [0.15, 0.2) is 0 Å². The predicted octanol–water partition coefficient (Wildman–Crippen LogP) is 2.63. The fraction of sp³-hybridized carbons (Fsp3) is 0.538. The predicted molar refractivity (Wildman–Crippen MR) is 70.3 cm³/mol. The third-order valence-corrected chi connectivity index (χ3v) is 3.99. The number of benzene rings is 1. The van der Waals surface area contributed by atoms with Crippen molar-refractivity contribution in [3.63, 3.8) is 0 Å². The maximum atomic E-state index is 5.56. The van der Waals surface area contributed by atoms with Crippen molar-refractivity contribution >= 4 is 11.8 Å². The molecule has 0 aliphatic carbocycles. The molecule has 2 nitrogen and oxygen atoms in total.